The minimum atomic E-state index is -0.733. The molecule has 4 heteroatoms. The van der Waals surface area contributed by atoms with Crippen LogP contribution >= 0.6 is 15.9 Å². The molecule has 2 nitrogen and oxygen atoms in total. The van der Waals surface area contributed by atoms with Crippen LogP contribution in [0.15, 0.2) is 22.7 Å². The average Bonchev–Trinajstić information content (AvgIpc) is 2.29. The molecule has 0 amide bonds. The lowest BCUT2D eigenvalue weighted by Gasteiger charge is -2.34. The van der Waals surface area contributed by atoms with Crippen molar-refractivity contribution >= 4 is 15.9 Å². The molecule has 0 heterocycles. The number of ether oxygens (including phenoxy) is 1. The van der Waals surface area contributed by atoms with Crippen molar-refractivity contribution in [3.63, 3.8) is 0 Å². The third-order valence-electron chi connectivity index (χ3n) is 2.99. The van der Waals surface area contributed by atoms with E-state index in [0.29, 0.717) is 12.2 Å². The van der Waals surface area contributed by atoms with Gasteiger partial charge in [0.15, 0.2) is 0 Å². The summed E-state index contributed by atoms with van der Waals surface area (Å²) in [6.45, 7) is 8.44. The highest BCUT2D eigenvalue weighted by Gasteiger charge is 2.32. The molecule has 1 aromatic carbocycles. The second-order valence-corrected chi connectivity index (χ2v) is 6.66. The minimum Gasteiger partial charge on any atom is -0.390 e. The lowest BCUT2D eigenvalue weighted by atomic mass is 9.83. The highest BCUT2D eigenvalue weighted by Crippen LogP contribution is 2.27. The van der Waals surface area contributed by atoms with Gasteiger partial charge < -0.3 is 9.84 Å². The molecular weight excluding hydrogens is 311 g/mol. The zero-order valence-electron chi connectivity index (χ0n) is 11.9. The maximum Gasteiger partial charge on any atom is 0.126 e. The van der Waals surface area contributed by atoms with Gasteiger partial charge >= 0.3 is 0 Å². The van der Waals surface area contributed by atoms with Gasteiger partial charge in [-0.05, 0) is 36.1 Å². The van der Waals surface area contributed by atoms with Crippen LogP contribution in [-0.2, 0) is 11.2 Å². The summed E-state index contributed by atoms with van der Waals surface area (Å²) in [5.41, 5.74) is 0.300. The molecule has 0 aromatic heterocycles. The number of benzene rings is 1. The number of halogens is 2. The molecule has 1 rings (SSSR count). The molecule has 2 unspecified atom stereocenters. The number of hydrogen-bond acceptors (Lipinski definition) is 2. The summed E-state index contributed by atoms with van der Waals surface area (Å²) in [6.07, 6.45) is -0.813. The molecule has 0 aliphatic rings. The molecule has 108 valence electrons. The van der Waals surface area contributed by atoms with E-state index in [1.165, 1.54) is 6.07 Å². The van der Waals surface area contributed by atoms with Crippen molar-refractivity contribution < 1.29 is 14.2 Å². The van der Waals surface area contributed by atoms with E-state index >= 15 is 0 Å². The Kier molecular flexibility index (Phi) is 5.96. The third kappa shape index (κ3) is 4.86. The van der Waals surface area contributed by atoms with E-state index < -0.39 is 6.10 Å². The summed E-state index contributed by atoms with van der Waals surface area (Å²) in [5, 5.41) is 10.3. The topological polar surface area (TPSA) is 29.5 Å². The fraction of sp³-hybridized carbons (Fsp3) is 0.600. The maximum atomic E-state index is 13.7. The van der Waals surface area contributed by atoms with Crippen LogP contribution in [0.4, 0.5) is 4.39 Å². The third-order valence-corrected chi connectivity index (χ3v) is 3.48. The second kappa shape index (κ2) is 6.82. The van der Waals surface area contributed by atoms with Gasteiger partial charge in [0.05, 0.1) is 12.2 Å². The quantitative estimate of drug-likeness (QED) is 0.884. The van der Waals surface area contributed by atoms with Crippen LogP contribution in [0.5, 0.6) is 0 Å². The number of rotatable bonds is 5. The van der Waals surface area contributed by atoms with Gasteiger partial charge in [0.25, 0.3) is 0 Å². The monoisotopic (exact) mass is 332 g/mol. The molecule has 2 atom stereocenters. The van der Waals surface area contributed by atoms with Crippen molar-refractivity contribution in [2.75, 3.05) is 6.61 Å². The first-order chi connectivity index (χ1) is 8.75. The van der Waals surface area contributed by atoms with E-state index in [1.807, 2.05) is 27.7 Å². The van der Waals surface area contributed by atoms with Gasteiger partial charge in [-0.25, -0.2) is 4.39 Å². The summed E-state index contributed by atoms with van der Waals surface area (Å²) in [6, 6.07) is 4.75. The Morgan fingerprint density at radius 3 is 2.53 bits per heavy atom. The Balaban J connectivity index is 2.87. The first-order valence-corrected chi connectivity index (χ1v) is 7.28. The molecule has 0 saturated carbocycles. The van der Waals surface area contributed by atoms with Crippen molar-refractivity contribution in [2.24, 2.45) is 5.41 Å². The molecule has 1 aromatic rings. The van der Waals surface area contributed by atoms with Gasteiger partial charge in [-0.15, -0.1) is 0 Å². The van der Waals surface area contributed by atoms with Crippen molar-refractivity contribution in [1.82, 2.24) is 0 Å². The van der Waals surface area contributed by atoms with Gasteiger partial charge in [-0.2, -0.15) is 0 Å². The summed E-state index contributed by atoms with van der Waals surface area (Å²) in [7, 11) is 0. The summed E-state index contributed by atoms with van der Waals surface area (Å²) >= 11 is 3.31. The lowest BCUT2D eigenvalue weighted by molar-refractivity contribution is -0.0875. The van der Waals surface area contributed by atoms with Crippen molar-refractivity contribution in [1.29, 1.82) is 0 Å². The standard InChI is InChI=1S/C15H22BrFO2/c1-5-19-14(15(2,3)4)13(18)9-10-8-11(16)6-7-12(10)17/h6-8,13-14,18H,5,9H2,1-4H3. The Morgan fingerprint density at radius 1 is 1.37 bits per heavy atom. The van der Waals surface area contributed by atoms with E-state index in [1.54, 1.807) is 12.1 Å². The molecular formula is C15H22BrFO2. The molecule has 19 heavy (non-hydrogen) atoms. The average molecular weight is 333 g/mol. The molecule has 1 N–H and O–H groups in total. The van der Waals surface area contributed by atoms with E-state index in [2.05, 4.69) is 15.9 Å². The SMILES string of the molecule is CCOC(C(O)Cc1cc(Br)ccc1F)C(C)(C)C. The molecule has 0 radical (unpaired) electrons. The van der Waals surface area contributed by atoms with Gasteiger partial charge in [0, 0.05) is 17.5 Å². The van der Waals surface area contributed by atoms with Crippen molar-refractivity contribution in [3.8, 4) is 0 Å². The number of hydrogen-bond donors (Lipinski definition) is 1. The van der Waals surface area contributed by atoms with Crippen LogP contribution in [0.3, 0.4) is 0 Å². The lowest BCUT2D eigenvalue weighted by Crippen LogP contribution is -2.41. The van der Waals surface area contributed by atoms with Crippen molar-refractivity contribution in [3.05, 3.63) is 34.1 Å². The first kappa shape index (κ1) is 16.6. The fourth-order valence-electron chi connectivity index (χ4n) is 2.15. The molecule has 0 aliphatic heterocycles. The van der Waals surface area contributed by atoms with Crippen LogP contribution in [0.25, 0.3) is 0 Å². The highest BCUT2D eigenvalue weighted by molar-refractivity contribution is 9.10. The van der Waals surface area contributed by atoms with Crippen LogP contribution in [0.2, 0.25) is 0 Å². The Hall–Kier alpha value is -0.450. The minimum absolute atomic E-state index is 0.197. The number of aliphatic hydroxyl groups excluding tert-OH is 1. The zero-order chi connectivity index (χ0) is 14.6. The van der Waals surface area contributed by atoms with Crippen molar-refractivity contribution in [2.45, 2.75) is 46.3 Å². The second-order valence-electron chi connectivity index (χ2n) is 5.75. The summed E-state index contributed by atoms with van der Waals surface area (Å²) in [4.78, 5) is 0. The Bertz CT molecular complexity index is 415. The first-order valence-electron chi connectivity index (χ1n) is 6.49. The van der Waals surface area contributed by atoms with E-state index in [-0.39, 0.29) is 23.8 Å². The maximum absolute atomic E-state index is 13.7. The number of aliphatic hydroxyl groups is 1. The van der Waals surface area contributed by atoms with Gasteiger partial charge in [-0.3, -0.25) is 0 Å². The van der Waals surface area contributed by atoms with Crippen LogP contribution < -0.4 is 0 Å². The Morgan fingerprint density at radius 2 is 2.00 bits per heavy atom. The predicted molar refractivity (Wildman–Crippen MR) is 78.7 cm³/mol. The van der Waals surface area contributed by atoms with E-state index in [0.717, 1.165) is 4.47 Å². The Labute approximate surface area is 123 Å². The van der Waals surface area contributed by atoms with E-state index in [9.17, 15) is 9.50 Å². The highest BCUT2D eigenvalue weighted by atomic mass is 79.9. The molecule has 0 saturated heterocycles. The molecule has 0 spiro atoms. The van der Waals surface area contributed by atoms with Crippen LogP contribution in [-0.4, -0.2) is 23.9 Å². The van der Waals surface area contributed by atoms with Gasteiger partial charge in [-0.1, -0.05) is 36.7 Å². The summed E-state index contributed by atoms with van der Waals surface area (Å²) in [5.74, 6) is -0.300. The van der Waals surface area contributed by atoms with Crippen LogP contribution in [0.1, 0.15) is 33.3 Å². The molecule has 0 bridgehead atoms. The molecule has 0 fully saturated rings. The smallest absolute Gasteiger partial charge is 0.126 e. The normalized spacial score (nSPS) is 15.3. The largest absolute Gasteiger partial charge is 0.390 e. The van der Waals surface area contributed by atoms with Crippen LogP contribution in [0, 0.1) is 11.2 Å². The predicted octanol–water partition coefficient (Wildman–Crippen LogP) is 3.94. The molecule has 0 aliphatic carbocycles. The van der Waals surface area contributed by atoms with Gasteiger partial charge in [0.1, 0.15) is 5.82 Å². The summed E-state index contributed by atoms with van der Waals surface area (Å²) < 4.78 is 20.1. The zero-order valence-corrected chi connectivity index (χ0v) is 13.5. The fourth-order valence-corrected chi connectivity index (χ4v) is 2.56. The van der Waals surface area contributed by atoms with E-state index in [4.69, 9.17) is 4.74 Å². The van der Waals surface area contributed by atoms with Gasteiger partial charge in [0.2, 0.25) is 0 Å².